The van der Waals surface area contributed by atoms with Crippen LogP contribution in [0.3, 0.4) is 0 Å². The van der Waals surface area contributed by atoms with Crippen molar-refractivity contribution in [3.8, 4) is 0 Å². The molecule has 5 heteroatoms. The zero-order valence-electron chi connectivity index (χ0n) is 12.8. The first-order chi connectivity index (χ1) is 11.3. The normalized spacial score (nSPS) is 31.9. The minimum Gasteiger partial charge on any atom is -0.361 e. The molecule has 2 N–H and O–H groups in total. The number of para-hydroxylation sites is 1. The number of nitrogens with one attached hydrogen (secondary N) is 2. The predicted molar refractivity (Wildman–Crippen MR) is 91.6 cm³/mol. The minimum absolute atomic E-state index is 0.0578. The molecule has 2 fully saturated rings. The Labute approximate surface area is 139 Å². The van der Waals surface area contributed by atoms with Crippen LogP contribution in [0.1, 0.15) is 35.2 Å². The van der Waals surface area contributed by atoms with E-state index in [1.165, 1.54) is 12.0 Å². The lowest BCUT2D eigenvalue weighted by molar-refractivity contribution is 0.0870. The highest BCUT2D eigenvalue weighted by atomic mass is 32.1. The highest BCUT2D eigenvalue weighted by Gasteiger charge is 2.58. The Morgan fingerprint density at radius 1 is 1.22 bits per heavy atom. The van der Waals surface area contributed by atoms with E-state index in [0.717, 1.165) is 30.6 Å². The Kier molecular flexibility index (Phi) is 2.85. The third kappa shape index (κ3) is 1.96. The van der Waals surface area contributed by atoms with Gasteiger partial charge in [-0.1, -0.05) is 12.1 Å². The van der Waals surface area contributed by atoms with Crippen molar-refractivity contribution in [3.05, 3.63) is 52.2 Å². The Balaban J connectivity index is 1.47. The summed E-state index contributed by atoms with van der Waals surface area (Å²) in [5, 5.41) is 11.3. The highest BCUT2D eigenvalue weighted by Crippen LogP contribution is 2.47. The molecule has 2 bridgehead atoms. The summed E-state index contributed by atoms with van der Waals surface area (Å²) < 4.78 is 0. The molecule has 5 rings (SSSR count). The molecule has 4 nitrogen and oxygen atoms in total. The van der Waals surface area contributed by atoms with Gasteiger partial charge in [0.1, 0.15) is 5.66 Å². The maximum absolute atomic E-state index is 12.6. The smallest absolute Gasteiger partial charge is 0.255 e. The summed E-state index contributed by atoms with van der Waals surface area (Å²) in [6, 6.07) is 10.9. The minimum atomic E-state index is -0.301. The van der Waals surface area contributed by atoms with Crippen molar-refractivity contribution in [1.29, 1.82) is 0 Å². The molecule has 3 aliphatic heterocycles. The standard InChI is InChI=1S/C18H19N3OS/c22-17-14-3-1-2-4-15(14)19-18(20-17)9-13-5-6-16(18)21(13)10-12-7-8-23-11-12/h1-4,7-8,11,13,16,19H,5-6,9-10H2,(H,20,22). The fourth-order valence-electron chi connectivity index (χ4n) is 4.63. The molecule has 4 heterocycles. The van der Waals surface area contributed by atoms with Gasteiger partial charge < -0.3 is 10.6 Å². The summed E-state index contributed by atoms with van der Waals surface area (Å²) in [4.78, 5) is 15.2. The lowest BCUT2D eigenvalue weighted by atomic mass is 9.86. The second-order valence-electron chi connectivity index (χ2n) is 6.85. The number of carbonyl (C=O) groups excluding carboxylic acids is 1. The molecule has 3 aliphatic rings. The average molecular weight is 325 g/mol. The monoisotopic (exact) mass is 325 g/mol. The molecule has 1 aromatic heterocycles. The zero-order chi connectivity index (χ0) is 15.4. The third-order valence-corrected chi connectivity index (χ3v) is 6.31. The lowest BCUT2D eigenvalue weighted by Gasteiger charge is -2.43. The van der Waals surface area contributed by atoms with Crippen molar-refractivity contribution in [2.24, 2.45) is 0 Å². The Morgan fingerprint density at radius 3 is 3.00 bits per heavy atom. The van der Waals surface area contributed by atoms with E-state index in [2.05, 4.69) is 32.4 Å². The molecular formula is C18H19N3OS. The molecule has 3 atom stereocenters. The van der Waals surface area contributed by atoms with Gasteiger partial charge in [-0.05, 0) is 47.4 Å². The van der Waals surface area contributed by atoms with Crippen LogP contribution < -0.4 is 10.6 Å². The van der Waals surface area contributed by atoms with Gasteiger partial charge in [-0.3, -0.25) is 9.69 Å². The van der Waals surface area contributed by atoms with Crippen LogP contribution in [0.2, 0.25) is 0 Å². The fourth-order valence-corrected chi connectivity index (χ4v) is 5.29. The molecule has 0 aliphatic carbocycles. The van der Waals surface area contributed by atoms with Crippen LogP contribution in [0.25, 0.3) is 0 Å². The van der Waals surface area contributed by atoms with Gasteiger partial charge in [-0.25, -0.2) is 0 Å². The van der Waals surface area contributed by atoms with E-state index in [1.54, 1.807) is 11.3 Å². The summed E-state index contributed by atoms with van der Waals surface area (Å²) >= 11 is 1.75. The fraction of sp³-hybridized carbons (Fsp3) is 0.389. The molecule has 0 saturated carbocycles. The zero-order valence-corrected chi connectivity index (χ0v) is 13.6. The number of thiophene rings is 1. The van der Waals surface area contributed by atoms with Crippen LogP contribution in [0.5, 0.6) is 0 Å². The van der Waals surface area contributed by atoms with Crippen molar-refractivity contribution >= 4 is 22.9 Å². The molecule has 1 aromatic carbocycles. The molecule has 23 heavy (non-hydrogen) atoms. The van der Waals surface area contributed by atoms with Crippen molar-refractivity contribution in [1.82, 2.24) is 10.2 Å². The first kappa shape index (κ1) is 13.6. The van der Waals surface area contributed by atoms with Crippen molar-refractivity contribution < 1.29 is 4.79 Å². The first-order valence-electron chi connectivity index (χ1n) is 8.22. The number of fused-ring (bicyclic) bond motifs is 4. The van der Waals surface area contributed by atoms with Gasteiger partial charge in [0, 0.05) is 24.7 Å². The number of hydrogen-bond acceptors (Lipinski definition) is 4. The number of amides is 1. The summed E-state index contributed by atoms with van der Waals surface area (Å²) in [7, 11) is 0. The third-order valence-electron chi connectivity index (χ3n) is 5.58. The number of carbonyl (C=O) groups is 1. The largest absolute Gasteiger partial charge is 0.361 e. The number of anilines is 1. The number of nitrogens with zero attached hydrogens (tertiary/aromatic N) is 1. The van der Waals surface area contributed by atoms with Crippen LogP contribution in [-0.2, 0) is 6.54 Å². The molecular weight excluding hydrogens is 306 g/mol. The van der Waals surface area contributed by atoms with Gasteiger partial charge in [-0.2, -0.15) is 11.3 Å². The molecule has 0 radical (unpaired) electrons. The maximum Gasteiger partial charge on any atom is 0.255 e. The van der Waals surface area contributed by atoms with E-state index in [9.17, 15) is 4.79 Å². The van der Waals surface area contributed by atoms with Gasteiger partial charge in [0.15, 0.2) is 0 Å². The molecule has 2 aromatic rings. The molecule has 3 unspecified atom stereocenters. The predicted octanol–water partition coefficient (Wildman–Crippen LogP) is 3.04. The second kappa shape index (κ2) is 4.82. The summed E-state index contributed by atoms with van der Waals surface area (Å²) in [6.45, 7) is 0.986. The van der Waals surface area contributed by atoms with Gasteiger partial charge >= 0.3 is 0 Å². The van der Waals surface area contributed by atoms with Crippen molar-refractivity contribution in [2.75, 3.05) is 5.32 Å². The van der Waals surface area contributed by atoms with Crippen LogP contribution in [0.4, 0.5) is 5.69 Å². The average Bonchev–Trinajstić information content (AvgIpc) is 3.24. The van der Waals surface area contributed by atoms with Crippen molar-refractivity contribution in [3.63, 3.8) is 0 Å². The SMILES string of the molecule is O=C1NC2(CC3CCC2N3Cc2ccsc2)Nc2ccccc21. The van der Waals surface area contributed by atoms with E-state index < -0.39 is 0 Å². The van der Waals surface area contributed by atoms with Crippen LogP contribution in [-0.4, -0.2) is 28.6 Å². The van der Waals surface area contributed by atoms with Gasteiger partial charge in [0.25, 0.3) is 5.91 Å². The summed E-state index contributed by atoms with van der Waals surface area (Å²) in [6.07, 6.45) is 3.36. The molecule has 1 spiro atoms. The summed E-state index contributed by atoms with van der Waals surface area (Å²) in [5.74, 6) is 0.0578. The molecule has 2 saturated heterocycles. The topological polar surface area (TPSA) is 44.4 Å². The van der Waals surface area contributed by atoms with Gasteiger partial charge in [0.05, 0.1) is 11.6 Å². The van der Waals surface area contributed by atoms with Gasteiger partial charge in [-0.15, -0.1) is 0 Å². The van der Waals surface area contributed by atoms with E-state index >= 15 is 0 Å². The Morgan fingerprint density at radius 2 is 2.13 bits per heavy atom. The van der Waals surface area contributed by atoms with Crippen LogP contribution in [0, 0.1) is 0 Å². The van der Waals surface area contributed by atoms with E-state index in [4.69, 9.17) is 0 Å². The van der Waals surface area contributed by atoms with Crippen molar-refractivity contribution in [2.45, 2.75) is 43.6 Å². The molecule has 1 amide bonds. The summed E-state index contributed by atoms with van der Waals surface area (Å²) in [5.41, 5.74) is 2.81. The van der Waals surface area contributed by atoms with Crippen LogP contribution in [0.15, 0.2) is 41.1 Å². The quantitative estimate of drug-likeness (QED) is 0.892. The molecule has 118 valence electrons. The van der Waals surface area contributed by atoms with E-state index in [0.29, 0.717) is 12.1 Å². The van der Waals surface area contributed by atoms with Crippen LogP contribution >= 0.6 is 11.3 Å². The lowest BCUT2D eigenvalue weighted by Crippen LogP contribution is -2.64. The first-order valence-corrected chi connectivity index (χ1v) is 9.16. The Hall–Kier alpha value is -1.85. The second-order valence-corrected chi connectivity index (χ2v) is 7.63. The highest BCUT2D eigenvalue weighted by molar-refractivity contribution is 7.07. The number of benzene rings is 1. The van der Waals surface area contributed by atoms with Gasteiger partial charge in [0.2, 0.25) is 0 Å². The maximum atomic E-state index is 12.6. The Bertz CT molecular complexity index is 759. The van der Waals surface area contributed by atoms with E-state index in [-0.39, 0.29) is 11.6 Å². The van der Waals surface area contributed by atoms with E-state index in [1.807, 2.05) is 24.3 Å². The number of hydrogen-bond donors (Lipinski definition) is 2. The number of rotatable bonds is 2.